The van der Waals surface area contributed by atoms with Crippen molar-refractivity contribution < 1.29 is 44.6 Å². The topological polar surface area (TPSA) is 154 Å². The first kappa shape index (κ1) is 17.5. The van der Waals surface area contributed by atoms with Crippen LogP contribution in [-0.2, 0) is 9.47 Å². The van der Waals surface area contributed by atoms with Gasteiger partial charge < -0.3 is 35.0 Å². The molecule has 1 fully saturated rings. The molecule has 1 heterocycles. The maximum atomic E-state index is 12.5. The minimum absolute atomic E-state index is 0.00453. The number of benzene rings is 1. The molecule has 5 atom stereocenters. The third-order valence-electron chi connectivity index (χ3n) is 4.14. The third kappa shape index (κ3) is 2.81. The van der Waals surface area contributed by atoms with Crippen molar-refractivity contribution in [2.45, 2.75) is 30.7 Å². The SMILES string of the molecule is O=C1C(O)=C(O[C@@H]2O[C@@H](CO)[C@@H](O)[C@@H](O)[C@H]2O)C(=O)c2ccccc21. The average Bonchev–Trinajstić information content (AvgIpc) is 2.63. The molecule has 0 unspecified atom stereocenters. The van der Waals surface area contributed by atoms with E-state index in [1.54, 1.807) is 0 Å². The lowest BCUT2D eigenvalue weighted by Crippen LogP contribution is -2.59. The number of fused-ring (bicyclic) bond motifs is 1. The number of aliphatic hydroxyl groups is 5. The normalized spacial score (nSPS) is 32.6. The zero-order chi connectivity index (χ0) is 18.3. The Kier molecular flexibility index (Phi) is 4.58. The first-order valence-corrected chi connectivity index (χ1v) is 7.45. The molecule has 134 valence electrons. The highest BCUT2D eigenvalue weighted by molar-refractivity contribution is 6.25. The van der Waals surface area contributed by atoms with E-state index in [1.165, 1.54) is 24.3 Å². The van der Waals surface area contributed by atoms with Crippen LogP contribution in [0.3, 0.4) is 0 Å². The fourth-order valence-electron chi connectivity index (χ4n) is 2.73. The quantitative estimate of drug-likeness (QED) is 0.444. The van der Waals surface area contributed by atoms with Crippen LogP contribution >= 0.6 is 0 Å². The van der Waals surface area contributed by atoms with Crippen molar-refractivity contribution in [3.63, 3.8) is 0 Å². The second-order valence-corrected chi connectivity index (χ2v) is 5.70. The van der Waals surface area contributed by atoms with E-state index in [1.807, 2.05) is 0 Å². The largest absolute Gasteiger partial charge is 0.501 e. The first-order valence-electron chi connectivity index (χ1n) is 7.45. The molecule has 1 aliphatic heterocycles. The predicted molar refractivity (Wildman–Crippen MR) is 79.6 cm³/mol. The number of carbonyl (C=O) groups excluding carboxylic acids is 2. The third-order valence-corrected chi connectivity index (χ3v) is 4.14. The molecular formula is C16H16O9. The summed E-state index contributed by atoms with van der Waals surface area (Å²) in [5, 5.41) is 48.6. The Labute approximate surface area is 141 Å². The summed E-state index contributed by atoms with van der Waals surface area (Å²) in [6.07, 6.45) is -8.05. The molecule has 0 spiro atoms. The Hall–Kier alpha value is -2.30. The summed E-state index contributed by atoms with van der Waals surface area (Å²) in [7, 11) is 0. The highest BCUT2D eigenvalue weighted by Gasteiger charge is 2.46. The number of ketones is 2. The summed E-state index contributed by atoms with van der Waals surface area (Å²) in [4.78, 5) is 24.6. The minimum Gasteiger partial charge on any atom is -0.501 e. The van der Waals surface area contributed by atoms with Gasteiger partial charge in [0.05, 0.1) is 6.61 Å². The highest BCUT2D eigenvalue weighted by atomic mass is 16.7. The molecule has 0 amide bonds. The number of aliphatic hydroxyl groups excluding tert-OH is 5. The maximum absolute atomic E-state index is 12.5. The molecule has 0 bridgehead atoms. The lowest BCUT2D eigenvalue weighted by atomic mass is 9.92. The van der Waals surface area contributed by atoms with Gasteiger partial charge in [-0.2, -0.15) is 0 Å². The van der Waals surface area contributed by atoms with Gasteiger partial charge in [0.15, 0.2) is 0 Å². The van der Waals surface area contributed by atoms with Gasteiger partial charge in [-0.15, -0.1) is 0 Å². The number of ether oxygens (including phenoxy) is 2. The first-order chi connectivity index (χ1) is 11.9. The van der Waals surface area contributed by atoms with Crippen LogP contribution in [0.1, 0.15) is 20.7 Å². The second kappa shape index (κ2) is 6.54. The molecular weight excluding hydrogens is 336 g/mol. The summed E-state index contributed by atoms with van der Waals surface area (Å²) < 4.78 is 10.3. The molecule has 9 nitrogen and oxygen atoms in total. The zero-order valence-electron chi connectivity index (χ0n) is 12.8. The van der Waals surface area contributed by atoms with Gasteiger partial charge in [0.2, 0.25) is 29.4 Å². The molecule has 1 aromatic rings. The van der Waals surface area contributed by atoms with Crippen LogP contribution in [-0.4, -0.2) is 74.4 Å². The Morgan fingerprint density at radius 2 is 1.56 bits per heavy atom. The second-order valence-electron chi connectivity index (χ2n) is 5.70. The Morgan fingerprint density at radius 1 is 0.960 bits per heavy atom. The van der Waals surface area contributed by atoms with Gasteiger partial charge in [-0.3, -0.25) is 9.59 Å². The van der Waals surface area contributed by atoms with Gasteiger partial charge >= 0.3 is 0 Å². The molecule has 1 saturated heterocycles. The van der Waals surface area contributed by atoms with E-state index in [4.69, 9.17) is 14.6 Å². The standard InChI is InChI=1S/C16H16O9/c17-5-8-11(20)12(21)14(23)16(24-8)25-15-10(19)7-4-2-1-3-6(7)9(18)13(15)22/h1-4,8,11-12,14,16-17,20-23H,5H2/t8-,11+,12+,14+,16-/m0/s1. The fourth-order valence-corrected chi connectivity index (χ4v) is 2.73. The van der Waals surface area contributed by atoms with Gasteiger partial charge in [0, 0.05) is 11.1 Å². The summed E-state index contributed by atoms with van der Waals surface area (Å²) in [5.74, 6) is -3.34. The lowest BCUT2D eigenvalue weighted by molar-refractivity contribution is -0.290. The van der Waals surface area contributed by atoms with E-state index in [0.717, 1.165) is 0 Å². The smallest absolute Gasteiger partial charge is 0.232 e. The maximum Gasteiger partial charge on any atom is 0.232 e. The van der Waals surface area contributed by atoms with Gasteiger partial charge in [-0.1, -0.05) is 24.3 Å². The minimum atomic E-state index is -1.78. The summed E-state index contributed by atoms with van der Waals surface area (Å²) >= 11 is 0. The van der Waals surface area contributed by atoms with E-state index >= 15 is 0 Å². The van der Waals surface area contributed by atoms with Crippen molar-refractivity contribution in [3.05, 3.63) is 46.9 Å². The van der Waals surface area contributed by atoms with Crippen LogP contribution in [0, 0.1) is 0 Å². The van der Waals surface area contributed by atoms with Crippen molar-refractivity contribution >= 4 is 11.6 Å². The zero-order valence-corrected chi connectivity index (χ0v) is 12.8. The number of carbonyl (C=O) groups is 2. The molecule has 1 aliphatic carbocycles. The number of rotatable bonds is 3. The summed E-state index contributed by atoms with van der Waals surface area (Å²) in [6.45, 7) is -0.689. The fraction of sp³-hybridized carbons (Fsp3) is 0.375. The Balaban J connectivity index is 1.91. The van der Waals surface area contributed by atoms with Crippen LogP contribution in [0.4, 0.5) is 0 Å². The van der Waals surface area contributed by atoms with E-state index in [-0.39, 0.29) is 11.1 Å². The highest BCUT2D eigenvalue weighted by Crippen LogP contribution is 2.30. The number of hydrogen-bond donors (Lipinski definition) is 5. The summed E-state index contributed by atoms with van der Waals surface area (Å²) in [5.41, 5.74) is 0.0102. The summed E-state index contributed by atoms with van der Waals surface area (Å²) in [6, 6.07) is 5.80. The lowest BCUT2D eigenvalue weighted by Gasteiger charge is -2.39. The number of Topliss-reactive ketones (excluding diaryl/α,β-unsaturated/α-hetero) is 2. The predicted octanol–water partition coefficient (Wildman–Crippen LogP) is -1.35. The average molecular weight is 352 g/mol. The molecule has 9 heteroatoms. The van der Waals surface area contributed by atoms with Crippen molar-refractivity contribution in [2.75, 3.05) is 6.61 Å². The van der Waals surface area contributed by atoms with E-state index in [0.29, 0.717) is 0 Å². The molecule has 2 aliphatic rings. The molecule has 0 radical (unpaired) electrons. The van der Waals surface area contributed by atoms with Crippen LogP contribution < -0.4 is 0 Å². The van der Waals surface area contributed by atoms with E-state index in [9.17, 15) is 30.0 Å². The monoisotopic (exact) mass is 352 g/mol. The van der Waals surface area contributed by atoms with Crippen LogP contribution in [0.2, 0.25) is 0 Å². The van der Waals surface area contributed by atoms with Crippen LogP contribution in [0.25, 0.3) is 0 Å². The molecule has 25 heavy (non-hydrogen) atoms. The van der Waals surface area contributed by atoms with Crippen molar-refractivity contribution in [1.29, 1.82) is 0 Å². The van der Waals surface area contributed by atoms with E-state index in [2.05, 4.69) is 0 Å². The molecule has 0 aromatic heterocycles. The Morgan fingerprint density at radius 3 is 2.16 bits per heavy atom. The molecule has 1 aromatic carbocycles. The molecule has 5 N–H and O–H groups in total. The van der Waals surface area contributed by atoms with Gasteiger partial charge in [-0.25, -0.2) is 0 Å². The number of hydrogen-bond acceptors (Lipinski definition) is 9. The van der Waals surface area contributed by atoms with Gasteiger partial charge in [0.1, 0.15) is 24.4 Å². The van der Waals surface area contributed by atoms with E-state index < -0.39 is 60.4 Å². The number of allylic oxidation sites excluding steroid dienone is 2. The molecule has 0 saturated carbocycles. The van der Waals surface area contributed by atoms with Crippen molar-refractivity contribution in [1.82, 2.24) is 0 Å². The van der Waals surface area contributed by atoms with Gasteiger partial charge in [0.25, 0.3) is 0 Å². The van der Waals surface area contributed by atoms with Crippen LogP contribution in [0.15, 0.2) is 35.8 Å². The van der Waals surface area contributed by atoms with Crippen LogP contribution in [0.5, 0.6) is 0 Å². The Bertz CT molecular complexity index is 739. The van der Waals surface area contributed by atoms with Crippen molar-refractivity contribution in [2.24, 2.45) is 0 Å². The van der Waals surface area contributed by atoms with Crippen molar-refractivity contribution in [3.8, 4) is 0 Å². The molecule has 3 rings (SSSR count). The van der Waals surface area contributed by atoms with Gasteiger partial charge in [-0.05, 0) is 0 Å².